The Morgan fingerprint density at radius 1 is 1.50 bits per heavy atom. The Hall–Kier alpha value is -2.04. The molecule has 0 saturated carbocycles. The van der Waals surface area contributed by atoms with Crippen LogP contribution in [0.15, 0.2) is 35.5 Å². The van der Waals surface area contributed by atoms with Crippen LogP contribution in [-0.2, 0) is 4.79 Å². The number of oxime groups is 1. The molecule has 86 valence electrons. The first-order chi connectivity index (χ1) is 7.70. The Morgan fingerprint density at radius 2 is 2.12 bits per heavy atom. The minimum absolute atomic E-state index is 0.114. The maximum absolute atomic E-state index is 11.8. The molecule has 0 radical (unpaired) electrons. The summed E-state index contributed by atoms with van der Waals surface area (Å²) in [7, 11) is 0. The summed E-state index contributed by atoms with van der Waals surface area (Å²) in [4.78, 5) is 11.8. The van der Waals surface area contributed by atoms with E-state index >= 15 is 0 Å². The molecule has 0 aromatic heterocycles. The number of rotatable bonds is 4. The first kappa shape index (κ1) is 12.0. The summed E-state index contributed by atoms with van der Waals surface area (Å²) in [6, 6.07) is 8.96. The fraction of sp³-hybridized carbons (Fsp3) is 0.273. The molecule has 16 heavy (non-hydrogen) atoms. The first-order valence-corrected chi connectivity index (χ1v) is 5.00. The fourth-order valence-electron chi connectivity index (χ4n) is 1.44. The summed E-state index contributed by atoms with van der Waals surface area (Å²) in [6.07, 6.45) is 0. The average Bonchev–Trinajstić information content (AvgIpc) is 2.31. The zero-order chi connectivity index (χ0) is 12.0. The summed E-state index contributed by atoms with van der Waals surface area (Å²) >= 11 is 0. The van der Waals surface area contributed by atoms with E-state index in [9.17, 15) is 4.79 Å². The number of hydrogen-bond donors (Lipinski definition) is 3. The Kier molecular flexibility index (Phi) is 4.32. The molecule has 1 rings (SSSR count). The summed E-state index contributed by atoms with van der Waals surface area (Å²) in [5, 5.41) is 14.2. The molecule has 0 spiro atoms. The van der Waals surface area contributed by atoms with E-state index in [0.29, 0.717) is 12.1 Å². The Balaban J connectivity index is 3.02. The first-order valence-electron chi connectivity index (χ1n) is 5.00. The summed E-state index contributed by atoms with van der Waals surface area (Å²) in [5.41, 5.74) is 6.22. The minimum Gasteiger partial charge on any atom is -0.409 e. The van der Waals surface area contributed by atoms with Crippen LogP contribution in [0.4, 0.5) is 0 Å². The molecule has 1 atom stereocenters. The summed E-state index contributed by atoms with van der Waals surface area (Å²) in [5.74, 6) is -1.13. The second-order valence-electron chi connectivity index (χ2n) is 3.26. The molecule has 1 unspecified atom stereocenters. The van der Waals surface area contributed by atoms with Crippen molar-refractivity contribution in [3.05, 3.63) is 35.9 Å². The molecule has 0 aliphatic heterocycles. The van der Waals surface area contributed by atoms with Gasteiger partial charge in [0.05, 0.1) is 0 Å². The molecular weight excluding hydrogens is 206 g/mol. The van der Waals surface area contributed by atoms with Gasteiger partial charge in [-0.2, -0.15) is 0 Å². The van der Waals surface area contributed by atoms with Gasteiger partial charge in [-0.05, 0) is 12.5 Å². The summed E-state index contributed by atoms with van der Waals surface area (Å²) in [6.45, 7) is 2.31. The topological polar surface area (TPSA) is 87.7 Å². The molecule has 0 aliphatic rings. The molecule has 0 saturated heterocycles. The zero-order valence-electron chi connectivity index (χ0n) is 9.05. The molecule has 5 heteroatoms. The van der Waals surface area contributed by atoms with Crippen molar-refractivity contribution in [2.45, 2.75) is 12.8 Å². The van der Waals surface area contributed by atoms with Crippen LogP contribution in [0.25, 0.3) is 0 Å². The third-order valence-corrected chi connectivity index (χ3v) is 2.16. The maximum atomic E-state index is 11.8. The van der Waals surface area contributed by atoms with Gasteiger partial charge < -0.3 is 16.3 Å². The average molecular weight is 221 g/mol. The zero-order valence-corrected chi connectivity index (χ0v) is 9.05. The normalized spacial score (nSPS) is 13.2. The standard InChI is InChI=1S/C11H15N3O2/c1-2-13-11(15)9(10(12)14-16)8-6-4-3-5-7-8/h3-7,9,16H,2H2,1H3,(H2,12,14)(H,13,15). The van der Waals surface area contributed by atoms with Crippen LogP contribution in [0, 0.1) is 0 Å². The van der Waals surface area contributed by atoms with Crippen LogP contribution in [0.3, 0.4) is 0 Å². The van der Waals surface area contributed by atoms with E-state index in [1.165, 1.54) is 0 Å². The van der Waals surface area contributed by atoms with Gasteiger partial charge in [-0.3, -0.25) is 4.79 Å². The van der Waals surface area contributed by atoms with Crippen molar-refractivity contribution in [2.24, 2.45) is 10.9 Å². The number of amides is 1. The SMILES string of the molecule is CCNC(=O)C(C(N)=NO)c1ccccc1. The monoisotopic (exact) mass is 221 g/mol. The third kappa shape index (κ3) is 2.73. The number of benzene rings is 1. The van der Waals surface area contributed by atoms with E-state index in [2.05, 4.69) is 10.5 Å². The van der Waals surface area contributed by atoms with Gasteiger partial charge >= 0.3 is 0 Å². The molecule has 1 aromatic rings. The molecule has 5 nitrogen and oxygen atoms in total. The van der Waals surface area contributed by atoms with E-state index in [4.69, 9.17) is 10.9 Å². The number of nitrogens with zero attached hydrogens (tertiary/aromatic N) is 1. The fourth-order valence-corrected chi connectivity index (χ4v) is 1.44. The second-order valence-corrected chi connectivity index (χ2v) is 3.26. The highest BCUT2D eigenvalue weighted by Gasteiger charge is 2.24. The minimum atomic E-state index is -0.744. The van der Waals surface area contributed by atoms with Crippen molar-refractivity contribution in [1.82, 2.24) is 5.32 Å². The third-order valence-electron chi connectivity index (χ3n) is 2.16. The lowest BCUT2D eigenvalue weighted by atomic mass is 9.97. The predicted octanol–water partition coefficient (Wildman–Crippen LogP) is 0.653. The smallest absolute Gasteiger partial charge is 0.235 e. The van der Waals surface area contributed by atoms with Gasteiger partial charge in [0, 0.05) is 6.54 Å². The largest absolute Gasteiger partial charge is 0.409 e. The van der Waals surface area contributed by atoms with E-state index < -0.39 is 5.92 Å². The number of carbonyl (C=O) groups is 1. The highest BCUT2D eigenvalue weighted by molar-refractivity contribution is 6.07. The van der Waals surface area contributed by atoms with Crippen molar-refractivity contribution in [3.63, 3.8) is 0 Å². The highest BCUT2D eigenvalue weighted by Crippen LogP contribution is 2.15. The van der Waals surface area contributed by atoms with Crippen LogP contribution >= 0.6 is 0 Å². The Bertz CT molecular complexity index is 376. The second kappa shape index (κ2) is 5.75. The van der Waals surface area contributed by atoms with Gasteiger partial charge in [-0.25, -0.2) is 0 Å². The number of amidine groups is 1. The van der Waals surface area contributed by atoms with Crippen molar-refractivity contribution in [3.8, 4) is 0 Å². The molecule has 1 aromatic carbocycles. The Morgan fingerprint density at radius 3 is 2.62 bits per heavy atom. The number of nitrogens with two attached hydrogens (primary N) is 1. The van der Waals surface area contributed by atoms with Gasteiger partial charge in [-0.1, -0.05) is 35.5 Å². The van der Waals surface area contributed by atoms with Crippen molar-refractivity contribution < 1.29 is 10.0 Å². The molecular formula is C11H15N3O2. The van der Waals surface area contributed by atoms with Crippen molar-refractivity contribution >= 4 is 11.7 Å². The van der Waals surface area contributed by atoms with Crippen molar-refractivity contribution in [1.29, 1.82) is 0 Å². The number of nitrogens with one attached hydrogen (secondary N) is 1. The number of carbonyl (C=O) groups excluding carboxylic acids is 1. The van der Waals surface area contributed by atoms with Crippen LogP contribution in [-0.4, -0.2) is 23.5 Å². The Labute approximate surface area is 94.0 Å². The van der Waals surface area contributed by atoms with E-state index in [1.54, 1.807) is 24.3 Å². The van der Waals surface area contributed by atoms with Gasteiger partial charge in [0.2, 0.25) is 5.91 Å². The van der Waals surface area contributed by atoms with Gasteiger partial charge in [0.25, 0.3) is 0 Å². The predicted molar refractivity (Wildman–Crippen MR) is 61.3 cm³/mol. The maximum Gasteiger partial charge on any atom is 0.235 e. The van der Waals surface area contributed by atoms with Crippen LogP contribution in [0.2, 0.25) is 0 Å². The lowest BCUT2D eigenvalue weighted by Crippen LogP contribution is -2.37. The molecule has 0 fully saturated rings. The molecule has 0 heterocycles. The molecule has 4 N–H and O–H groups in total. The van der Waals surface area contributed by atoms with E-state index in [1.807, 2.05) is 13.0 Å². The highest BCUT2D eigenvalue weighted by atomic mass is 16.4. The van der Waals surface area contributed by atoms with Crippen LogP contribution in [0.5, 0.6) is 0 Å². The number of likely N-dealkylation sites (N-methyl/N-ethyl adjacent to an activating group) is 1. The lowest BCUT2D eigenvalue weighted by molar-refractivity contribution is -0.121. The molecule has 1 amide bonds. The van der Waals surface area contributed by atoms with Gasteiger partial charge in [-0.15, -0.1) is 0 Å². The molecule has 0 aliphatic carbocycles. The number of hydrogen-bond acceptors (Lipinski definition) is 3. The summed E-state index contributed by atoms with van der Waals surface area (Å²) < 4.78 is 0. The molecule has 0 bridgehead atoms. The van der Waals surface area contributed by atoms with E-state index in [-0.39, 0.29) is 11.7 Å². The quantitative estimate of drug-likeness (QED) is 0.302. The van der Waals surface area contributed by atoms with Crippen molar-refractivity contribution in [2.75, 3.05) is 6.54 Å². The van der Waals surface area contributed by atoms with Gasteiger partial charge in [0.15, 0.2) is 5.84 Å². The lowest BCUT2D eigenvalue weighted by Gasteiger charge is -2.14. The van der Waals surface area contributed by atoms with E-state index in [0.717, 1.165) is 0 Å². The van der Waals surface area contributed by atoms with Crippen LogP contribution in [0.1, 0.15) is 18.4 Å². The van der Waals surface area contributed by atoms with Gasteiger partial charge in [0.1, 0.15) is 5.92 Å². The van der Waals surface area contributed by atoms with Crippen LogP contribution < -0.4 is 11.1 Å².